The number of hydrogen-bond acceptors (Lipinski definition) is 7. The zero-order valence-electron chi connectivity index (χ0n) is 15.7. The van der Waals surface area contributed by atoms with Gasteiger partial charge in [-0.2, -0.15) is 10.2 Å². The molecule has 1 N–H and O–H groups in total. The summed E-state index contributed by atoms with van der Waals surface area (Å²) in [5.41, 5.74) is -0.270. The predicted octanol–water partition coefficient (Wildman–Crippen LogP) is 0.0621. The summed E-state index contributed by atoms with van der Waals surface area (Å²) >= 11 is 0. The van der Waals surface area contributed by atoms with Crippen molar-refractivity contribution >= 4 is 5.91 Å². The second kappa shape index (κ2) is 8.39. The third-order valence-corrected chi connectivity index (χ3v) is 4.17. The van der Waals surface area contributed by atoms with Gasteiger partial charge in [0.05, 0.1) is 12.8 Å². The molecule has 0 saturated heterocycles. The minimum Gasteiger partial charge on any atom is -0.463 e. The lowest BCUT2D eigenvalue weighted by molar-refractivity contribution is -0.121. The molecule has 30 heavy (non-hydrogen) atoms. The molecule has 4 aromatic rings. The van der Waals surface area contributed by atoms with Gasteiger partial charge in [-0.25, -0.2) is 14.0 Å². The van der Waals surface area contributed by atoms with E-state index < -0.39 is 11.5 Å². The number of aromatic nitrogens is 6. The number of carbonyl (C=O) groups is 1. The molecule has 0 atom stereocenters. The zero-order valence-corrected chi connectivity index (χ0v) is 15.7. The van der Waals surface area contributed by atoms with Crippen molar-refractivity contribution in [3.05, 3.63) is 81.8 Å². The fourth-order valence-electron chi connectivity index (χ4n) is 2.74. The van der Waals surface area contributed by atoms with E-state index in [1.807, 2.05) is 0 Å². The minimum absolute atomic E-state index is 0.154. The molecule has 4 aromatic heterocycles. The Kier molecular flexibility index (Phi) is 5.33. The Balaban J connectivity index is 1.38. The van der Waals surface area contributed by atoms with Gasteiger partial charge < -0.3 is 9.73 Å². The van der Waals surface area contributed by atoms with Crippen LogP contribution < -0.4 is 16.4 Å². The summed E-state index contributed by atoms with van der Waals surface area (Å²) in [7, 11) is 0. The monoisotopic (exact) mass is 407 g/mol. The fraction of sp³-hybridized carbons (Fsp3) is 0.158. The Hall–Kier alpha value is -4.28. The summed E-state index contributed by atoms with van der Waals surface area (Å²) < 4.78 is 9.07. The molecule has 0 aliphatic rings. The molecule has 0 fully saturated rings. The molecule has 11 heteroatoms. The average Bonchev–Trinajstić information content (AvgIpc) is 3.45. The maximum Gasteiger partial charge on any atom is 0.267 e. The second-order valence-electron chi connectivity index (χ2n) is 6.25. The molecule has 4 heterocycles. The second-order valence-corrected chi connectivity index (χ2v) is 6.25. The van der Waals surface area contributed by atoms with Gasteiger partial charge >= 0.3 is 0 Å². The molecule has 0 aliphatic heterocycles. The van der Waals surface area contributed by atoms with Crippen molar-refractivity contribution in [1.29, 1.82) is 0 Å². The number of rotatable bonds is 7. The van der Waals surface area contributed by atoms with Crippen LogP contribution in [0.5, 0.6) is 0 Å². The minimum atomic E-state index is -0.419. The first-order chi connectivity index (χ1) is 14.6. The molecule has 1 amide bonds. The molecule has 0 spiro atoms. The number of furan rings is 1. The Bertz CT molecular complexity index is 1260. The lowest BCUT2D eigenvalue weighted by Gasteiger charge is -2.09. The van der Waals surface area contributed by atoms with Gasteiger partial charge in [-0.05, 0) is 30.3 Å². The van der Waals surface area contributed by atoms with Crippen molar-refractivity contribution in [3.63, 3.8) is 0 Å². The molecule has 0 radical (unpaired) electrons. The Morgan fingerprint density at radius 2 is 1.83 bits per heavy atom. The van der Waals surface area contributed by atoms with Crippen molar-refractivity contribution in [3.8, 4) is 17.3 Å². The van der Waals surface area contributed by atoms with Crippen LogP contribution in [0.25, 0.3) is 17.3 Å². The molecular weight excluding hydrogens is 390 g/mol. The number of amides is 1. The van der Waals surface area contributed by atoms with E-state index in [0.29, 0.717) is 17.3 Å². The van der Waals surface area contributed by atoms with Crippen LogP contribution in [0.2, 0.25) is 0 Å². The summed E-state index contributed by atoms with van der Waals surface area (Å²) in [5, 5.41) is 15.1. The van der Waals surface area contributed by atoms with E-state index in [4.69, 9.17) is 4.42 Å². The highest BCUT2D eigenvalue weighted by molar-refractivity contribution is 5.75. The summed E-state index contributed by atoms with van der Waals surface area (Å²) in [6.45, 7) is 0.0540. The van der Waals surface area contributed by atoms with E-state index in [1.54, 1.807) is 36.7 Å². The van der Waals surface area contributed by atoms with Crippen molar-refractivity contribution < 1.29 is 9.21 Å². The van der Waals surface area contributed by atoms with Crippen molar-refractivity contribution in [2.24, 2.45) is 0 Å². The summed E-state index contributed by atoms with van der Waals surface area (Å²) in [6, 6.07) is 11.0. The highest BCUT2D eigenvalue weighted by Crippen LogP contribution is 2.14. The van der Waals surface area contributed by atoms with Gasteiger partial charge in [-0.1, -0.05) is 0 Å². The van der Waals surface area contributed by atoms with Gasteiger partial charge in [0, 0.05) is 31.1 Å². The van der Waals surface area contributed by atoms with Crippen LogP contribution in [0, 0.1) is 0 Å². The third kappa shape index (κ3) is 4.24. The van der Waals surface area contributed by atoms with Gasteiger partial charge in [-0.15, -0.1) is 5.10 Å². The Morgan fingerprint density at radius 3 is 2.60 bits per heavy atom. The molecule has 0 aromatic carbocycles. The maximum atomic E-state index is 12.2. The largest absolute Gasteiger partial charge is 0.463 e. The molecular formula is C19H17N7O4. The van der Waals surface area contributed by atoms with Gasteiger partial charge in [0.15, 0.2) is 11.6 Å². The van der Waals surface area contributed by atoms with Crippen LogP contribution in [0.1, 0.15) is 0 Å². The SMILES string of the molecule is O=C(Cn1nc(-c2ccco2)ccc1=O)NCCn1nc(-n2cccn2)ccc1=O. The van der Waals surface area contributed by atoms with Gasteiger partial charge in [0.25, 0.3) is 11.1 Å². The van der Waals surface area contributed by atoms with Crippen LogP contribution in [0.15, 0.2) is 75.1 Å². The van der Waals surface area contributed by atoms with E-state index >= 15 is 0 Å². The van der Waals surface area contributed by atoms with Gasteiger partial charge in [0.1, 0.15) is 12.2 Å². The molecule has 4 rings (SSSR count). The Labute approximate surface area is 169 Å². The molecule has 0 bridgehead atoms. The molecule has 0 unspecified atom stereocenters. The van der Waals surface area contributed by atoms with Crippen LogP contribution in [0.3, 0.4) is 0 Å². The van der Waals surface area contributed by atoms with Crippen molar-refractivity contribution in [2.75, 3.05) is 6.54 Å². The summed E-state index contributed by atoms with van der Waals surface area (Å²) in [5.74, 6) is 0.556. The average molecular weight is 407 g/mol. The van der Waals surface area contributed by atoms with Crippen LogP contribution in [-0.2, 0) is 17.9 Å². The number of hydrogen-bond donors (Lipinski definition) is 1. The topological polar surface area (TPSA) is 130 Å². The van der Waals surface area contributed by atoms with Gasteiger partial charge in [-0.3, -0.25) is 14.4 Å². The Morgan fingerprint density at radius 1 is 1.00 bits per heavy atom. The quantitative estimate of drug-likeness (QED) is 0.458. The molecule has 0 saturated carbocycles. The molecule has 11 nitrogen and oxygen atoms in total. The van der Waals surface area contributed by atoms with E-state index in [-0.39, 0.29) is 25.2 Å². The first kappa shape index (κ1) is 19.1. The van der Waals surface area contributed by atoms with E-state index in [1.165, 1.54) is 33.8 Å². The first-order valence-electron chi connectivity index (χ1n) is 9.07. The normalized spacial score (nSPS) is 10.8. The summed E-state index contributed by atoms with van der Waals surface area (Å²) in [6.07, 6.45) is 4.81. The van der Waals surface area contributed by atoms with Crippen molar-refractivity contribution in [2.45, 2.75) is 13.1 Å². The molecule has 0 aliphatic carbocycles. The van der Waals surface area contributed by atoms with Crippen LogP contribution in [-0.4, -0.2) is 41.8 Å². The number of nitrogens with zero attached hydrogens (tertiary/aromatic N) is 6. The standard InChI is InChI=1S/C19H17N7O4/c27-17(13-26-19(29)6-4-14(22-26)15-3-1-12-30-15)20-9-11-25-18(28)7-5-16(23-25)24-10-2-8-21-24/h1-8,10,12H,9,11,13H2,(H,20,27). The fourth-order valence-corrected chi connectivity index (χ4v) is 2.74. The lowest BCUT2D eigenvalue weighted by Crippen LogP contribution is -2.36. The van der Waals surface area contributed by atoms with Crippen LogP contribution in [0.4, 0.5) is 0 Å². The summed E-state index contributed by atoms with van der Waals surface area (Å²) in [4.78, 5) is 36.2. The van der Waals surface area contributed by atoms with Crippen LogP contribution >= 0.6 is 0 Å². The van der Waals surface area contributed by atoms with E-state index in [2.05, 4.69) is 20.6 Å². The first-order valence-corrected chi connectivity index (χ1v) is 9.07. The maximum absolute atomic E-state index is 12.2. The van der Waals surface area contributed by atoms with E-state index in [0.717, 1.165) is 4.68 Å². The number of carbonyl (C=O) groups excluding carboxylic acids is 1. The highest BCUT2D eigenvalue weighted by atomic mass is 16.3. The van der Waals surface area contributed by atoms with Crippen molar-refractivity contribution in [1.82, 2.24) is 34.7 Å². The lowest BCUT2D eigenvalue weighted by atomic mass is 10.3. The number of nitrogens with one attached hydrogen (secondary N) is 1. The zero-order chi connectivity index (χ0) is 20.9. The third-order valence-electron chi connectivity index (χ3n) is 4.17. The van der Waals surface area contributed by atoms with E-state index in [9.17, 15) is 14.4 Å². The highest BCUT2D eigenvalue weighted by Gasteiger charge is 2.10. The van der Waals surface area contributed by atoms with Gasteiger partial charge in [0.2, 0.25) is 5.91 Å². The molecule has 152 valence electrons. The predicted molar refractivity (Wildman–Crippen MR) is 105 cm³/mol. The smallest absolute Gasteiger partial charge is 0.267 e.